The van der Waals surface area contributed by atoms with Crippen LogP contribution in [0.4, 0.5) is 0 Å². The Bertz CT molecular complexity index is 480. The molecule has 1 fully saturated rings. The van der Waals surface area contributed by atoms with Crippen LogP contribution in [-0.4, -0.2) is 37.2 Å². The Morgan fingerprint density at radius 1 is 1.48 bits per heavy atom. The molecule has 0 amide bonds. The molecule has 0 spiro atoms. The Labute approximate surface area is 131 Å². The molecule has 2 heterocycles. The number of hydrogen-bond donors (Lipinski definition) is 2. The first-order chi connectivity index (χ1) is 10.0. The lowest BCUT2D eigenvalue weighted by atomic mass is 9.89. The molecule has 1 aliphatic rings. The molecule has 21 heavy (non-hydrogen) atoms. The van der Waals surface area contributed by atoms with Gasteiger partial charge in [-0.25, -0.2) is 9.98 Å². The van der Waals surface area contributed by atoms with Crippen molar-refractivity contribution in [3.63, 3.8) is 0 Å². The van der Waals surface area contributed by atoms with Crippen molar-refractivity contribution < 1.29 is 4.74 Å². The molecule has 0 radical (unpaired) electrons. The molecule has 2 rings (SSSR count). The van der Waals surface area contributed by atoms with Gasteiger partial charge in [-0.05, 0) is 12.8 Å². The Kier molecular flexibility index (Phi) is 5.58. The van der Waals surface area contributed by atoms with Crippen LogP contribution in [0.5, 0.6) is 0 Å². The minimum absolute atomic E-state index is 0.238. The number of hydrogen-bond acceptors (Lipinski definition) is 4. The number of aliphatic imine (C=N–C) groups is 1. The third-order valence-electron chi connectivity index (χ3n) is 3.46. The van der Waals surface area contributed by atoms with E-state index >= 15 is 0 Å². The summed E-state index contributed by atoms with van der Waals surface area (Å²) >= 11 is 1.68. The Morgan fingerprint density at radius 2 is 2.24 bits per heavy atom. The number of aromatic nitrogens is 1. The van der Waals surface area contributed by atoms with E-state index in [1.807, 2.05) is 0 Å². The van der Waals surface area contributed by atoms with Crippen LogP contribution in [0.1, 0.15) is 44.3 Å². The number of thiazole rings is 1. The number of rotatable bonds is 6. The summed E-state index contributed by atoms with van der Waals surface area (Å²) in [7, 11) is 0. The summed E-state index contributed by atoms with van der Waals surface area (Å²) in [4.78, 5) is 9.23. The molecule has 1 aromatic rings. The summed E-state index contributed by atoms with van der Waals surface area (Å²) < 4.78 is 5.28. The van der Waals surface area contributed by atoms with Gasteiger partial charge in [0.1, 0.15) is 5.01 Å². The van der Waals surface area contributed by atoms with Gasteiger partial charge in [-0.15, -0.1) is 11.3 Å². The molecule has 1 aromatic heterocycles. The number of nitrogens with zero attached hydrogens (tertiary/aromatic N) is 2. The second-order valence-corrected chi connectivity index (χ2v) is 7.12. The maximum Gasteiger partial charge on any atom is 0.191 e. The van der Waals surface area contributed by atoms with Gasteiger partial charge in [0.2, 0.25) is 0 Å². The predicted molar refractivity (Wildman–Crippen MR) is 87.9 cm³/mol. The van der Waals surface area contributed by atoms with Crippen LogP contribution in [0.25, 0.3) is 0 Å². The van der Waals surface area contributed by atoms with Crippen molar-refractivity contribution in [1.29, 1.82) is 0 Å². The molecule has 0 bridgehead atoms. The molecule has 0 saturated carbocycles. The SMILES string of the molecule is CCNC(=NCc1nc(C(C)C)cs1)NCC1(C)COC1. The molecule has 0 aliphatic carbocycles. The fourth-order valence-electron chi connectivity index (χ4n) is 2.00. The van der Waals surface area contributed by atoms with Gasteiger partial charge in [0, 0.05) is 23.9 Å². The summed E-state index contributed by atoms with van der Waals surface area (Å²) in [6, 6.07) is 0. The summed E-state index contributed by atoms with van der Waals surface area (Å²) in [6.07, 6.45) is 0. The van der Waals surface area contributed by atoms with E-state index in [0.29, 0.717) is 12.5 Å². The molecule has 2 N–H and O–H groups in total. The van der Waals surface area contributed by atoms with Crippen molar-refractivity contribution >= 4 is 17.3 Å². The van der Waals surface area contributed by atoms with Crippen molar-refractivity contribution in [1.82, 2.24) is 15.6 Å². The highest BCUT2D eigenvalue weighted by Gasteiger charge is 2.33. The number of guanidine groups is 1. The minimum Gasteiger partial charge on any atom is -0.380 e. The highest BCUT2D eigenvalue weighted by Crippen LogP contribution is 2.25. The molecule has 1 saturated heterocycles. The minimum atomic E-state index is 0.238. The van der Waals surface area contributed by atoms with Gasteiger partial charge in [-0.1, -0.05) is 20.8 Å². The van der Waals surface area contributed by atoms with Crippen molar-refractivity contribution in [3.05, 3.63) is 16.1 Å². The van der Waals surface area contributed by atoms with Crippen LogP contribution in [0.2, 0.25) is 0 Å². The first kappa shape index (κ1) is 16.2. The maximum absolute atomic E-state index is 5.28. The van der Waals surface area contributed by atoms with Gasteiger partial charge in [-0.2, -0.15) is 0 Å². The predicted octanol–water partition coefficient (Wildman–Crippen LogP) is 2.36. The lowest BCUT2D eigenvalue weighted by Crippen LogP contribution is -2.51. The summed E-state index contributed by atoms with van der Waals surface area (Å²) in [5.74, 6) is 1.33. The first-order valence-corrected chi connectivity index (χ1v) is 8.44. The maximum atomic E-state index is 5.28. The van der Waals surface area contributed by atoms with Gasteiger partial charge < -0.3 is 15.4 Å². The van der Waals surface area contributed by atoms with Gasteiger partial charge >= 0.3 is 0 Å². The summed E-state index contributed by atoms with van der Waals surface area (Å²) in [5, 5.41) is 9.87. The smallest absolute Gasteiger partial charge is 0.191 e. The highest BCUT2D eigenvalue weighted by atomic mass is 32.1. The van der Waals surface area contributed by atoms with E-state index < -0.39 is 0 Å². The average Bonchev–Trinajstić information content (AvgIpc) is 2.89. The van der Waals surface area contributed by atoms with Crippen LogP contribution in [-0.2, 0) is 11.3 Å². The zero-order valence-electron chi connectivity index (χ0n) is 13.4. The van der Waals surface area contributed by atoms with E-state index in [1.165, 1.54) is 0 Å². The van der Waals surface area contributed by atoms with Gasteiger partial charge in [0.05, 0.1) is 25.5 Å². The van der Waals surface area contributed by atoms with Gasteiger partial charge in [-0.3, -0.25) is 0 Å². The number of ether oxygens (including phenoxy) is 1. The lowest BCUT2D eigenvalue weighted by molar-refractivity contribution is -0.0971. The molecule has 0 aromatic carbocycles. The molecule has 118 valence electrons. The van der Waals surface area contributed by atoms with Crippen molar-refractivity contribution in [2.24, 2.45) is 10.4 Å². The Hall–Kier alpha value is -1.14. The van der Waals surface area contributed by atoms with Crippen molar-refractivity contribution in [2.45, 2.75) is 40.2 Å². The van der Waals surface area contributed by atoms with E-state index in [1.54, 1.807) is 11.3 Å². The van der Waals surface area contributed by atoms with E-state index in [0.717, 1.165) is 43.0 Å². The van der Waals surface area contributed by atoms with E-state index in [9.17, 15) is 0 Å². The summed E-state index contributed by atoms with van der Waals surface area (Å²) in [6.45, 7) is 12.6. The first-order valence-electron chi connectivity index (χ1n) is 7.56. The topological polar surface area (TPSA) is 58.5 Å². The zero-order valence-corrected chi connectivity index (χ0v) is 14.2. The third-order valence-corrected chi connectivity index (χ3v) is 4.31. The molecule has 1 aliphatic heterocycles. The van der Waals surface area contributed by atoms with E-state index in [-0.39, 0.29) is 5.41 Å². The number of nitrogens with one attached hydrogen (secondary N) is 2. The quantitative estimate of drug-likeness (QED) is 0.625. The third kappa shape index (κ3) is 4.68. The van der Waals surface area contributed by atoms with Crippen LogP contribution in [0, 0.1) is 5.41 Å². The van der Waals surface area contributed by atoms with E-state index in [2.05, 4.69) is 53.7 Å². The highest BCUT2D eigenvalue weighted by molar-refractivity contribution is 7.09. The fraction of sp³-hybridized carbons (Fsp3) is 0.733. The largest absolute Gasteiger partial charge is 0.380 e. The molecule has 5 nitrogen and oxygen atoms in total. The second-order valence-electron chi connectivity index (χ2n) is 6.17. The molecular weight excluding hydrogens is 284 g/mol. The standard InChI is InChI=1S/C15H26N4OS/c1-5-16-14(18-8-15(4)9-20-10-15)17-6-13-19-12(7-21-13)11(2)3/h7,11H,5-6,8-10H2,1-4H3,(H2,16,17,18). The normalized spacial score (nSPS) is 17.7. The Balaban J connectivity index is 1.89. The fourth-order valence-corrected chi connectivity index (χ4v) is 2.88. The monoisotopic (exact) mass is 310 g/mol. The summed E-state index contributed by atoms with van der Waals surface area (Å²) in [5.41, 5.74) is 1.39. The van der Waals surface area contributed by atoms with E-state index in [4.69, 9.17) is 4.74 Å². The average molecular weight is 310 g/mol. The second kappa shape index (κ2) is 7.22. The molecule has 6 heteroatoms. The van der Waals surface area contributed by atoms with Crippen LogP contribution in [0.15, 0.2) is 10.4 Å². The van der Waals surface area contributed by atoms with Crippen molar-refractivity contribution in [2.75, 3.05) is 26.3 Å². The van der Waals surface area contributed by atoms with Gasteiger partial charge in [0.15, 0.2) is 5.96 Å². The van der Waals surface area contributed by atoms with Crippen molar-refractivity contribution in [3.8, 4) is 0 Å². The van der Waals surface area contributed by atoms with Crippen LogP contribution >= 0.6 is 11.3 Å². The molecule has 0 atom stereocenters. The lowest BCUT2D eigenvalue weighted by Gasteiger charge is -2.38. The van der Waals surface area contributed by atoms with Crippen LogP contribution in [0.3, 0.4) is 0 Å². The molecular formula is C15H26N4OS. The Morgan fingerprint density at radius 3 is 2.76 bits per heavy atom. The van der Waals surface area contributed by atoms with Crippen LogP contribution < -0.4 is 10.6 Å². The van der Waals surface area contributed by atoms with Gasteiger partial charge in [0.25, 0.3) is 0 Å². The molecule has 0 unspecified atom stereocenters. The zero-order chi connectivity index (χ0) is 15.3.